The highest BCUT2D eigenvalue weighted by molar-refractivity contribution is 7.10. The fourth-order valence-electron chi connectivity index (χ4n) is 2.90. The second-order valence-corrected chi connectivity index (χ2v) is 7.70. The van der Waals surface area contributed by atoms with Crippen molar-refractivity contribution in [3.63, 3.8) is 0 Å². The Balaban J connectivity index is 2.43. The molecule has 2 aliphatic rings. The number of allylic oxidation sites excluding steroid dienone is 4. The summed E-state index contributed by atoms with van der Waals surface area (Å²) in [6.07, 6.45) is 8.52. The monoisotopic (exact) mass is 254 g/mol. The fraction of sp³-hybridized carbons (Fsp3) is 0.214. The van der Waals surface area contributed by atoms with Gasteiger partial charge < -0.3 is 10.0 Å². The lowest BCUT2D eigenvalue weighted by molar-refractivity contribution is 0.434. The molecule has 0 atom stereocenters. The van der Waals surface area contributed by atoms with Crippen molar-refractivity contribution >= 4 is 26.6 Å². The molecule has 2 nitrogen and oxygen atoms in total. The van der Waals surface area contributed by atoms with E-state index in [2.05, 4.69) is 44.2 Å². The molecule has 2 aliphatic carbocycles. The van der Waals surface area contributed by atoms with Crippen molar-refractivity contribution in [3.8, 4) is 0 Å². The van der Waals surface area contributed by atoms with Crippen molar-refractivity contribution < 1.29 is 10.0 Å². The highest BCUT2D eigenvalue weighted by atomic mass is 28.2. The zero-order valence-electron chi connectivity index (χ0n) is 10.5. The lowest BCUT2D eigenvalue weighted by Gasteiger charge is -2.26. The van der Waals surface area contributed by atoms with E-state index in [4.69, 9.17) is 0 Å². The highest BCUT2D eigenvalue weighted by Crippen LogP contribution is 2.38. The topological polar surface area (TPSA) is 40.5 Å². The summed E-state index contributed by atoms with van der Waals surface area (Å²) in [5, 5.41) is 20.2. The number of fused-ring (bicyclic) bond motifs is 2. The maximum atomic E-state index is 9.53. The molecule has 0 aliphatic heterocycles. The molecule has 0 unspecified atom stereocenters. The summed E-state index contributed by atoms with van der Waals surface area (Å²) < 4.78 is 0. The van der Waals surface area contributed by atoms with Crippen LogP contribution in [0.2, 0.25) is 0 Å². The molecule has 1 heterocycles. The predicted molar refractivity (Wildman–Crippen MR) is 76.1 cm³/mol. The van der Waals surface area contributed by atoms with Crippen molar-refractivity contribution in [2.45, 2.75) is 13.8 Å². The van der Waals surface area contributed by atoms with Gasteiger partial charge in [-0.15, -0.1) is 0 Å². The summed E-state index contributed by atoms with van der Waals surface area (Å²) in [6, 6.07) is 4.06. The van der Waals surface area contributed by atoms with Gasteiger partial charge in [0.15, 0.2) is 0 Å². The van der Waals surface area contributed by atoms with E-state index in [9.17, 15) is 10.0 Å². The van der Waals surface area contributed by atoms with Crippen LogP contribution >= 0.6 is 0 Å². The van der Waals surface area contributed by atoms with Crippen molar-refractivity contribution in [2.24, 2.45) is 5.41 Å². The molecule has 0 bridgehead atoms. The Kier molecular flexibility index (Phi) is 2.55. The lowest BCUT2D eigenvalue weighted by Crippen LogP contribution is -2.44. The Labute approximate surface area is 108 Å². The average molecular weight is 254 g/mol. The minimum absolute atomic E-state index is 0.00668. The Bertz CT molecular complexity index is 699. The van der Waals surface area contributed by atoms with Gasteiger partial charge in [0.05, 0.1) is 8.27 Å². The van der Waals surface area contributed by atoms with Crippen LogP contribution in [-0.4, -0.2) is 25.0 Å². The molecule has 0 aromatic carbocycles. The molecule has 0 saturated carbocycles. The molecule has 1 aromatic rings. The van der Waals surface area contributed by atoms with Crippen molar-refractivity contribution in [1.29, 1.82) is 0 Å². The smallest absolute Gasteiger partial charge is 0.427 e. The molecule has 0 spiro atoms. The van der Waals surface area contributed by atoms with Gasteiger partial charge in [-0.25, -0.2) is 0 Å². The van der Waals surface area contributed by atoms with Crippen LogP contribution in [0.4, 0.5) is 0 Å². The van der Waals surface area contributed by atoms with E-state index in [1.54, 1.807) is 0 Å². The van der Waals surface area contributed by atoms with E-state index in [0.29, 0.717) is 0 Å². The zero-order chi connectivity index (χ0) is 12.9. The Morgan fingerprint density at radius 1 is 1.28 bits per heavy atom. The third-order valence-electron chi connectivity index (χ3n) is 3.71. The first-order valence-electron chi connectivity index (χ1n) is 6.12. The van der Waals surface area contributed by atoms with Gasteiger partial charge in [-0.05, 0) is 21.2 Å². The summed E-state index contributed by atoms with van der Waals surface area (Å²) in [5.41, 5.74) is 4.49. The SMILES string of the molecule is CC1(C)C=CC=C2C=c3c(ccc[si]3B(O)O)=C21. The van der Waals surface area contributed by atoms with Gasteiger partial charge in [-0.1, -0.05) is 56.0 Å². The number of hydrogen-bond acceptors (Lipinski definition) is 2. The van der Waals surface area contributed by atoms with Crippen LogP contribution in [0.5, 0.6) is 0 Å². The number of hydrogen-bond donors (Lipinski definition) is 2. The van der Waals surface area contributed by atoms with Crippen LogP contribution in [0.25, 0.3) is 11.6 Å². The second kappa shape index (κ2) is 3.88. The molecule has 0 saturated heterocycles. The van der Waals surface area contributed by atoms with Crippen LogP contribution < -0.4 is 10.0 Å². The van der Waals surface area contributed by atoms with Crippen molar-refractivity contribution in [1.82, 2.24) is 0 Å². The maximum absolute atomic E-state index is 9.53. The van der Waals surface area contributed by atoms with Gasteiger partial charge in [-0.2, -0.15) is 0 Å². The molecule has 90 valence electrons. The molecular weight excluding hydrogens is 239 g/mol. The van der Waals surface area contributed by atoms with E-state index in [1.165, 1.54) is 16.4 Å². The summed E-state index contributed by atoms with van der Waals surface area (Å²) >= 11 is 0. The Morgan fingerprint density at radius 2 is 2.06 bits per heavy atom. The van der Waals surface area contributed by atoms with E-state index in [-0.39, 0.29) is 5.41 Å². The minimum Gasteiger partial charge on any atom is -0.427 e. The molecule has 2 N–H and O–H groups in total. The fourth-order valence-corrected chi connectivity index (χ4v) is 4.67. The first kappa shape index (κ1) is 11.8. The molecule has 0 fully saturated rings. The molecule has 1 aromatic heterocycles. The highest BCUT2D eigenvalue weighted by Gasteiger charge is 2.29. The van der Waals surface area contributed by atoms with E-state index in [0.717, 1.165) is 4.83 Å². The molecular formula is C14H15BO2Si. The van der Waals surface area contributed by atoms with Crippen LogP contribution in [0.1, 0.15) is 13.8 Å². The van der Waals surface area contributed by atoms with Gasteiger partial charge in [0.25, 0.3) is 0 Å². The van der Waals surface area contributed by atoms with Gasteiger partial charge >= 0.3 is 6.71 Å². The largest absolute Gasteiger partial charge is 0.454 e. The molecule has 0 radical (unpaired) electrons. The van der Waals surface area contributed by atoms with Gasteiger partial charge in [0.1, 0.15) is 0 Å². The summed E-state index contributed by atoms with van der Waals surface area (Å²) in [4.78, 5) is 1.12. The molecule has 3 rings (SSSR count). The van der Waals surface area contributed by atoms with E-state index < -0.39 is 15.0 Å². The van der Waals surface area contributed by atoms with Gasteiger partial charge in [0.2, 0.25) is 0 Å². The summed E-state index contributed by atoms with van der Waals surface area (Å²) in [6.45, 7) is 3.16. The second-order valence-electron chi connectivity index (χ2n) is 5.40. The van der Waals surface area contributed by atoms with Crippen LogP contribution in [0.15, 0.2) is 41.6 Å². The first-order chi connectivity index (χ1) is 8.50. The standard InChI is InChI=1S/C14H15BO2Si/c1-14(2)7-3-5-10-9-12-11(13(10)14)6-4-8-18(12)15(16)17/h3-9,16-17H,1-2H3. The Morgan fingerprint density at radius 3 is 2.78 bits per heavy atom. The van der Waals surface area contributed by atoms with Gasteiger partial charge in [0, 0.05) is 5.41 Å². The first-order valence-corrected chi connectivity index (χ1v) is 7.78. The van der Waals surface area contributed by atoms with E-state index >= 15 is 0 Å². The Hall–Kier alpha value is -1.23. The molecule has 4 heteroatoms. The minimum atomic E-state index is -1.41. The average Bonchev–Trinajstić information content (AvgIpc) is 2.67. The molecule has 18 heavy (non-hydrogen) atoms. The van der Waals surface area contributed by atoms with Crippen LogP contribution in [0.3, 0.4) is 0 Å². The third kappa shape index (κ3) is 1.61. The van der Waals surface area contributed by atoms with Crippen LogP contribution in [-0.2, 0) is 0 Å². The maximum Gasteiger partial charge on any atom is 0.454 e. The van der Waals surface area contributed by atoms with Crippen LogP contribution in [0, 0.1) is 5.41 Å². The van der Waals surface area contributed by atoms with E-state index in [1.807, 2.05) is 11.7 Å². The zero-order valence-corrected chi connectivity index (χ0v) is 11.5. The van der Waals surface area contributed by atoms with Gasteiger partial charge in [-0.3, -0.25) is 0 Å². The summed E-state index contributed by atoms with van der Waals surface area (Å²) in [5.74, 6) is 0. The van der Waals surface area contributed by atoms with Crippen molar-refractivity contribution in [2.75, 3.05) is 0 Å². The third-order valence-corrected chi connectivity index (χ3v) is 5.85. The quantitative estimate of drug-likeness (QED) is 0.692. The predicted octanol–water partition coefficient (Wildman–Crippen LogP) is -0.00290. The van der Waals surface area contributed by atoms with Crippen molar-refractivity contribution in [3.05, 3.63) is 51.7 Å². The normalized spacial score (nSPS) is 18.9. The lowest BCUT2D eigenvalue weighted by atomic mass is 9.77. The number of rotatable bonds is 1. The molecule has 0 amide bonds. The summed E-state index contributed by atoms with van der Waals surface area (Å²) in [7, 11) is -1.41.